The van der Waals surface area contributed by atoms with Gasteiger partial charge in [-0.3, -0.25) is 15.1 Å². The van der Waals surface area contributed by atoms with Crippen molar-refractivity contribution in [3.63, 3.8) is 0 Å². The first-order chi connectivity index (χ1) is 9.45. The third kappa shape index (κ3) is 2.31. The highest BCUT2D eigenvalue weighted by molar-refractivity contribution is 5.47. The molecule has 0 atom stereocenters. The molecule has 0 aliphatic heterocycles. The van der Waals surface area contributed by atoms with Crippen LogP contribution in [-0.2, 0) is 13.0 Å². The van der Waals surface area contributed by atoms with Crippen molar-refractivity contribution in [3.05, 3.63) is 38.8 Å². The molecule has 0 bridgehead atoms. The first-order valence-electron chi connectivity index (χ1n) is 6.23. The van der Waals surface area contributed by atoms with E-state index in [9.17, 15) is 10.1 Å². The quantitative estimate of drug-likeness (QED) is 0.667. The van der Waals surface area contributed by atoms with Crippen LogP contribution in [0.2, 0.25) is 0 Å². The Kier molecular flexibility index (Phi) is 3.64. The fraction of sp³-hybridized carbons (Fsp3) is 0.417. The third-order valence-corrected chi connectivity index (χ3v) is 3.26. The van der Waals surface area contributed by atoms with Crippen molar-refractivity contribution in [2.24, 2.45) is 0 Å². The van der Waals surface area contributed by atoms with Crippen LogP contribution in [0.5, 0.6) is 0 Å². The highest BCUT2D eigenvalue weighted by Gasteiger charge is 2.20. The van der Waals surface area contributed by atoms with Gasteiger partial charge in [0.25, 0.3) is 5.69 Å². The van der Waals surface area contributed by atoms with Gasteiger partial charge < -0.3 is 5.73 Å². The molecule has 8 heteroatoms. The molecule has 106 valence electrons. The second kappa shape index (κ2) is 5.24. The second-order valence-corrected chi connectivity index (χ2v) is 4.55. The lowest BCUT2D eigenvalue weighted by Crippen LogP contribution is -2.11. The normalized spacial score (nSPS) is 10.8. The van der Waals surface area contributed by atoms with Gasteiger partial charge in [-0.25, -0.2) is 4.68 Å². The predicted molar refractivity (Wildman–Crippen MR) is 73.3 cm³/mol. The van der Waals surface area contributed by atoms with Gasteiger partial charge in [-0.15, -0.1) is 5.10 Å². The van der Waals surface area contributed by atoms with Crippen molar-refractivity contribution in [2.75, 3.05) is 5.73 Å². The maximum atomic E-state index is 11.1. The van der Waals surface area contributed by atoms with E-state index in [-0.39, 0.29) is 10.6 Å². The van der Waals surface area contributed by atoms with Crippen LogP contribution in [0.1, 0.15) is 29.4 Å². The van der Waals surface area contributed by atoms with E-state index in [1.165, 1.54) is 6.20 Å². The van der Waals surface area contributed by atoms with Crippen LogP contribution < -0.4 is 5.73 Å². The maximum Gasteiger partial charge on any atom is 0.278 e. The van der Waals surface area contributed by atoms with Crippen LogP contribution in [0.15, 0.2) is 6.20 Å². The summed E-state index contributed by atoms with van der Waals surface area (Å²) >= 11 is 0. The fourth-order valence-electron chi connectivity index (χ4n) is 2.18. The van der Waals surface area contributed by atoms with Gasteiger partial charge in [0.15, 0.2) is 5.82 Å². The zero-order valence-electron chi connectivity index (χ0n) is 11.6. The summed E-state index contributed by atoms with van der Waals surface area (Å²) in [5.74, 6) is 0.381. The van der Waals surface area contributed by atoms with E-state index in [1.807, 2.05) is 6.92 Å². The lowest BCUT2D eigenvalue weighted by Gasteiger charge is -2.09. The van der Waals surface area contributed by atoms with Crippen molar-refractivity contribution in [2.45, 2.75) is 33.7 Å². The number of nitrogen functional groups attached to an aromatic ring is 1. The molecule has 0 saturated heterocycles. The Morgan fingerprint density at radius 2 is 2.15 bits per heavy atom. The van der Waals surface area contributed by atoms with Gasteiger partial charge >= 0.3 is 0 Å². The number of nitrogens with two attached hydrogens (primary N) is 1. The van der Waals surface area contributed by atoms with Crippen molar-refractivity contribution in [1.29, 1.82) is 0 Å². The number of aryl methyl sites for hydroxylation is 1. The molecule has 0 aliphatic carbocycles. The number of rotatable bonds is 4. The van der Waals surface area contributed by atoms with Gasteiger partial charge in [0.1, 0.15) is 0 Å². The van der Waals surface area contributed by atoms with E-state index in [1.54, 1.807) is 18.5 Å². The first-order valence-corrected chi connectivity index (χ1v) is 6.23. The van der Waals surface area contributed by atoms with E-state index in [0.29, 0.717) is 35.6 Å². The summed E-state index contributed by atoms with van der Waals surface area (Å²) in [5, 5.41) is 18.9. The summed E-state index contributed by atoms with van der Waals surface area (Å²) in [4.78, 5) is 15.0. The Bertz CT molecular complexity index is 664. The van der Waals surface area contributed by atoms with Crippen LogP contribution in [0, 0.1) is 24.0 Å². The molecule has 0 spiro atoms. The second-order valence-electron chi connectivity index (χ2n) is 4.55. The van der Waals surface area contributed by atoms with Gasteiger partial charge in [-0.05, 0) is 20.3 Å². The summed E-state index contributed by atoms with van der Waals surface area (Å²) < 4.78 is 1.63. The van der Waals surface area contributed by atoms with E-state index in [0.717, 1.165) is 5.69 Å². The molecule has 0 aliphatic rings. The molecule has 0 aromatic carbocycles. The topological polar surface area (TPSA) is 113 Å². The Labute approximate surface area is 115 Å². The van der Waals surface area contributed by atoms with Crippen molar-refractivity contribution >= 4 is 11.5 Å². The van der Waals surface area contributed by atoms with Gasteiger partial charge in [-0.2, -0.15) is 0 Å². The molecule has 20 heavy (non-hydrogen) atoms. The van der Waals surface area contributed by atoms with E-state index in [4.69, 9.17) is 5.73 Å². The van der Waals surface area contributed by atoms with Crippen molar-refractivity contribution < 1.29 is 4.92 Å². The molecule has 2 aromatic rings. The van der Waals surface area contributed by atoms with Gasteiger partial charge in [-0.1, -0.05) is 12.1 Å². The first kappa shape index (κ1) is 13.9. The molecule has 8 nitrogen and oxygen atoms in total. The number of hydrogen-bond acceptors (Lipinski definition) is 6. The standard InChI is InChI=1S/C12H16N6O2/c1-4-10-12(13)15-16-17(10)6-9-8(3)11(18(19)20)7(2)5-14-9/h5H,4,6,13H2,1-3H3. The summed E-state index contributed by atoms with van der Waals surface area (Å²) in [6.45, 7) is 5.63. The number of nitro groups is 1. The Balaban J connectivity index is 2.44. The third-order valence-electron chi connectivity index (χ3n) is 3.26. The van der Waals surface area contributed by atoms with Gasteiger partial charge in [0.05, 0.1) is 28.4 Å². The van der Waals surface area contributed by atoms with Crippen LogP contribution in [0.4, 0.5) is 11.5 Å². The molecule has 2 rings (SSSR count). The summed E-state index contributed by atoms with van der Waals surface area (Å²) in [7, 11) is 0. The summed E-state index contributed by atoms with van der Waals surface area (Å²) in [6, 6.07) is 0. The average molecular weight is 276 g/mol. The van der Waals surface area contributed by atoms with E-state index < -0.39 is 0 Å². The molecule has 0 unspecified atom stereocenters. The smallest absolute Gasteiger partial charge is 0.278 e. The van der Waals surface area contributed by atoms with E-state index >= 15 is 0 Å². The molecule has 2 N–H and O–H groups in total. The Hall–Kier alpha value is -2.51. The number of nitrogens with zero attached hydrogens (tertiary/aromatic N) is 5. The lowest BCUT2D eigenvalue weighted by molar-refractivity contribution is -0.386. The molecule has 0 radical (unpaired) electrons. The van der Waals surface area contributed by atoms with Crippen LogP contribution in [0.3, 0.4) is 0 Å². The van der Waals surface area contributed by atoms with Crippen molar-refractivity contribution in [1.82, 2.24) is 20.0 Å². The summed E-state index contributed by atoms with van der Waals surface area (Å²) in [5.41, 5.74) is 8.31. The molecule has 2 heterocycles. The van der Waals surface area contributed by atoms with Crippen LogP contribution in [-0.4, -0.2) is 24.9 Å². The highest BCUT2D eigenvalue weighted by Crippen LogP contribution is 2.24. The Morgan fingerprint density at radius 1 is 1.45 bits per heavy atom. The largest absolute Gasteiger partial charge is 0.381 e. The SMILES string of the molecule is CCc1c(N)nnn1Cc1ncc(C)c([N+](=O)[O-])c1C. The maximum absolute atomic E-state index is 11.1. The number of hydrogen-bond donors (Lipinski definition) is 1. The zero-order valence-corrected chi connectivity index (χ0v) is 11.6. The molecule has 0 amide bonds. The fourth-order valence-corrected chi connectivity index (χ4v) is 2.18. The molecule has 0 saturated carbocycles. The zero-order chi connectivity index (χ0) is 14.9. The van der Waals surface area contributed by atoms with Crippen molar-refractivity contribution in [3.8, 4) is 0 Å². The molecule has 0 fully saturated rings. The minimum Gasteiger partial charge on any atom is -0.381 e. The number of pyridine rings is 1. The number of anilines is 1. The Morgan fingerprint density at radius 3 is 2.75 bits per heavy atom. The minimum absolute atomic E-state index is 0.0983. The number of aromatic nitrogens is 4. The van der Waals surface area contributed by atoms with Gasteiger partial charge in [0, 0.05) is 11.8 Å². The summed E-state index contributed by atoms with van der Waals surface area (Å²) in [6.07, 6.45) is 2.19. The molecule has 2 aromatic heterocycles. The highest BCUT2D eigenvalue weighted by atomic mass is 16.6. The minimum atomic E-state index is -0.383. The van der Waals surface area contributed by atoms with Gasteiger partial charge in [0.2, 0.25) is 0 Å². The molecular formula is C12H16N6O2. The van der Waals surface area contributed by atoms with Crippen LogP contribution >= 0.6 is 0 Å². The monoisotopic (exact) mass is 276 g/mol. The average Bonchev–Trinajstić information content (AvgIpc) is 2.73. The van der Waals surface area contributed by atoms with E-state index in [2.05, 4.69) is 15.3 Å². The predicted octanol–water partition coefficient (Wildman–Crippen LogP) is 1.39. The van der Waals surface area contributed by atoms with Crippen LogP contribution in [0.25, 0.3) is 0 Å². The molecular weight excluding hydrogens is 260 g/mol. The lowest BCUT2D eigenvalue weighted by atomic mass is 10.1.